The third-order valence-corrected chi connectivity index (χ3v) is 3.27. The molecule has 90 valence electrons. The van der Waals surface area contributed by atoms with E-state index in [1.54, 1.807) is 7.05 Å². The van der Waals surface area contributed by atoms with Crippen LogP contribution < -0.4 is 10.5 Å². The molecular weight excluding hydrogens is 234 g/mol. The molecule has 0 aliphatic rings. The average Bonchev–Trinajstić information content (AvgIpc) is 2.63. The summed E-state index contributed by atoms with van der Waals surface area (Å²) in [6.07, 6.45) is 2.71. The van der Waals surface area contributed by atoms with Gasteiger partial charge in [-0.15, -0.1) is 0 Å². The van der Waals surface area contributed by atoms with Crippen molar-refractivity contribution in [2.24, 2.45) is 17.9 Å². The number of hydrogen-bond donors (Lipinski definition) is 3. The number of imidazole rings is 1. The molecule has 0 spiro atoms. The highest BCUT2D eigenvalue weighted by molar-refractivity contribution is 7.89. The van der Waals surface area contributed by atoms with Crippen LogP contribution in [0.5, 0.6) is 0 Å². The summed E-state index contributed by atoms with van der Waals surface area (Å²) in [5.74, 6) is -0.223. The molecule has 1 aromatic rings. The molecule has 0 saturated heterocycles. The molecule has 0 saturated carbocycles. The minimum absolute atomic E-state index is 0.118. The summed E-state index contributed by atoms with van der Waals surface area (Å²) < 4.78 is 27.1. The molecule has 0 aromatic carbocycles. The van der Waals surface area contributed by atoms with Crippen LogP contribution in [-0.2, 0) is 17.1 Å². The van der Waals surface area contributed by atoms with Crippen molar-refractivity contribution >= 4 is 15.9 Å². The molecule has 0 radical (unpaired) electrons. The lowest BCUT2D eigenvalue weighted by Crippen LogP contribution is -2.42. The molecule has 4 N–H and O–H groups in total. The molecule has 1 aromatic heterocycles. The molecule has 1 atom stereocenters. The highest BCUT2D eigenvalue weighted by Gasteiger charge is 2.21. The van der Waals surface area contributed by atoms with Crippen molar-refractivity contribution in [3.63, 3.8) is 0 Å². The van der Waals surface area contributed by atoms with Gasteiger partial charge in [0.2, 0.25) is 0 Å². The molecule has 1 rings (SSSR count). The van der Waals surface area contributed by atoms with E-state index in [4.69, 9.17) is 10.9 Å². The number of nitrogens with zero attached hydrogens (tertiary/aromatic N) is 3. The van der Waals surface area contributed by atoms with Gasteiger partial charge in [0.15, 0.2) is 10.9 Å². The Morgan fingerprint density at radius 3 is 2.81 bits per heavy atom. The van der Waals surface area contributed by atoms with E-state index in [1.807, 2.05) is 0 Å². The summed E-state index contributed by atoms with van der Waals surface area (Å²) in [5, 5.41) is 11.0. The smallest absolute Gasteiger partial charge is 0.260 e. The lowest BCUT2D eigenvalue weighted by atomic mass is 10.3. The Morgan fingerprint density at radius 1 is 1.75 bits per heavy atom. The van der Waals surface area contributed by atoms with Gasteiger partial charge in [-0.1, -0.05) is 5.16 Å². The van der Waals surface area contributed by atoms with Crippen LogP contribution >= 0.6 is 0 Å². The number of hydrogen-bond acceptors (Lipinski definition) is 5. The lowest BCUT2D eigenvalue weighted by molar-refractivity contribution is 0.316. The van der Waals surface area contributed by atoms with Crippen LogP contribution in [0.15, 0.2) is 22.7 Å². The summed E-state index contributed by atoms with van der Waals surface area (Å²) in [4.78, 5) is 3.69. The summed E-state index contributed by atoms with van der Waals surface area (Å²) >= 11 is 0. The second-order valence-corrected chi connectivity index (χ2v) is 4.91. The zero-order valence-electron chi connectivity index (χ0n) is 8.82. The molecule has 9 heteroatoms. The van der Waals surface area contributed by atoms with Crippen LogP contribution in [0.4, 0.5) is 0 Å². The second-order valence-electron chi connectivity index (χ2n) is 3.25. The number of oxime groups is 1. The number of amidine groups is 1. The van der Waals surface area contributed by atoms with Crippen molar-refractivity contribution in [1.82, 2.24) is 14.3 Å². The molecule has 0 fully saturated rings. The summed E-state index contributed by atoms with van der Waals surface area (Å²) in [6, 6.07) is -0.808. The first kappa shape index (κ1) is 12.5. The molecule has 0 aliphatic carbocycles. The number of rotatable bonds is 4. The Hall–Kier alpha value is -1.61. The molecule has 16 heavy (non-hydrogen) atoms. The highest BCUT2D eigenvalue weighted by Crippen LogP contribution is 2.04. The van der Waals surface area contributed by atoms with Crippen LogP contribution in [-0.4, -0.2) is 35.1 Å². The van der Waals surface area contributed by atoms with E-state index in [0.29, 0.717) is 0 Å². The average molecular weight is 247 g/mol. The highest BCUT2D eigenvalue weighted by atomic mass is 32.2. The fourth-order valence-electron chi connectivity index (χ4n) is 0.968. The first-order chi connectivity index (χ1) is 7.36. The fraction of sp³-hybridized carbons (Fsp3) is 0.429. The second kappa shape index (κ2) is 4.49. The Bertz CT molecular complexity index is 492. The Balaban J connectivity index is 2.89. The van der Waals surface area contributed by atoms with E-state index < -0.39 is 16.1 Å². The van der Waals surface area contributed by atoms with E-state index in [2.05, 4.69) is 14.9 Å². The predicted octanol–water partition coefficient (Wildman–Crippen LogP) is -1.17. The molecule has 0 bridgehead atoms. The van der Waals surface area contributed by atoms with Gasteiger partial charge in [-0.05, 0) is 6.92 Å². The van der Waals surface area contributed by atoms with Gasteiger partial charge >= 0.3 is 0 Å². The number of sulfonamides is 1. The number of nitrogens with one attached hydrogen (secondary N) is 1. The van der Waals surface area contributed by atoms with Crippen LogP contribution in [0.1, 0.15) is 6.92 Å². The third-order valence-electron chi connectivity index (χ3n) is 1.85. The van der Waals surface area contributed by atoms with E-state index >= 15 is 0 Å². The van der Waals surface area contributed by atoms with Crippen molar-refractivity contribution in [3.05, 3.63) is 12.5 Å². The lowest BCUT2D eigenvalue weighted by Gasteiger charge is -2.10. The van der Waals surface area contributed by atoms with Gasteiger partial charge in [0.25, 0.3) is 10.0 Å². The van der Waals surface area contributed by atoms with E-state index in [9.17, 15) is 8.42 Å². The van der Waals surface area contributed by atoms with E-state index in [-0.39, 0.29) is 10.9 Å². The summed E-state index contributed by atoms with van der Waals surface area (Å²) in [7, 11) is -2.10. The largest absolute Gasteiger partial charge is 0.409 e. The fourth-order valence-corrected chi connectivity index (χ4v) is 2.17. The monoisotopic (exact) mass is 247 g/mol. The number of nitrogens with two attached hydrogens (primary N) is 1. The zero-order chi connectivity index (χ0) is 12.3. The maximum Gasteiger partial charge on any atom is 0.260 e. The minimum Gasteiger partial charge on any atom is -0.409 e. The molecular formula is C7H13N5O3S. The number of aromatic nitrogens is 2. The third kappa shape index (κ3) is 2.70. The van der Waals surface area contributed by atoms with Crippen LogP contribution in [0.25, 0.3) is 0 Å². The minimum atomic E-state index is -3.75. The van der Waals surface area contributed by atoms with Crippen molar-refractivity contribution in [2.75, 3.05) is 0 Å². The first-order valence-corrected chi connectivity index (χ1v) is 5.83. The first-order valence-electron chi connectivity index (χ1n) is 4.34. The van der Waals surface area contributed by atoms with Crippen molar-refractivity contribution in [1.29, 1.82) is 0 Å². The van der Waals surface area contributed by atoms with Gasteiger partial charge < -0.3 is 15.5 Å². The zero-order valence-corrected chi connectivity index (χ0v) is 9.64. The van der Waals surface area contributed by atoms with Gasteiger partial charge in [0.05, 0.1) is 12.4 Å². The maximum absolute atomic E-state index is 11.7. The molecule has 1 unspecified atom stereocenters. The summed E-state index contributed by atoms with van der Waals surface area (Å²) in [5.41, 5.74) is 5.25. The van der Waals surface area contributed by atoms with Crippen LogP contribution in [0.3, 0.4) is 0 Å². The van der Waals surface area contributed by atoms with Gasteiger partial charge in [-0.25, -0.2) is 13.4 Å². The molecule has 1 heterocycles. The molecule has 0 aliphatic heterocycles. The standard InChI is InChI=1S/C7H13N5O3S/c1-5(7(8)10-13)11-16(14,15)6-3-12(2)4-9-6/h3-5,11,13H,1-2H3,(H2,8,10). The Morgan fingerprint density at radius 2 is 2.38 bits per heavy atom. The maximum atomic E-state index is 11.7. The Kier molecular flexibility index (Phi) is 3.50. The van der Waals surface area contributed by atoms with Gasteiger partial charge in [0, 0.05) is 13.2 Å². The van der Waals surface area contributed by atoms with E-state index in [1.165, 1.54) is 24.0 Å². The van der Waals surface area contributed by atoms with Gasteiger partial charge in [0.1, 0.15) is 0 Å². The van der Waals surface area contributed by atoms with Crippen LogP contribution in [0, 0.1) is 0 Å². The quantitative estimate of drug-likeness (QED) is 0.268. The topological polar surface area (TPSA) is 123 Å². The van der Waals surface area contributed by atoms with Gasteiger partial charge in [-0.3, -0.25) is 0 Å². The van der Waals surface area contributed by atoms with Gasteiger partial charge in [-0.2, -0.15) is 4.72 Å². The van der Waals surface area contributed by atoms with Crippen molar-refractivity contribution in [3.8, 4) is 0 Å². The predicted molar refractivity (Wildman–Crippen MR) is 56.4 cm³/mol. The van der Waals surface area contributed by atoms with Crippen LogP contribution in [0.2, 0.25) is 0 Å². The van der Waals surface area contributed by atoms with E-state index in [0.717, 1.165) is 0 Å². The van der Waals surface area contributed by atoms with Crippen molar-refractivity contribution < 1.29 is 13.6 Å². The van der Waals surface area contributed by atoms with Crippen molar-refractivity contribution in [2.45, 2.75) is 18.0 Å². The number of aryl methyl sites for hydroxylation is 1. The molecule has 0 amide bonds. The molecule has 8 nitrogen and oxygen atoms in total. The normalized spacial score (nSPS) is 15.0. The Labute approximate surface area is 92.8 Å². The summed E-state index contributed by atoms with van der Waals surface area (Å²) in [6.45, 7) is 1.45. The SMILES string of the molecule is CC(NS(=O)(=O)c1cn(C)cn1)C(N)=NO.